The van der Waals surface area contributed by atoms with Crippen LogP contribution < -0.4 is 5.32 Å². The third-order valence-corrected chi connectivity index (χ3v) is 5.91. The van der Waals surface area contributed by atoms with Crippen LogP contribution in [0, 0.1) is 24.1 Å². The number of rotatable bonds is 8. The molecule has 3 aromatic rings. The van der Waals surface area contributed by atoms with E-state index in [0.29, 0.717) is 31.7 Å². The molecule has 42 heavy (non-hydrogen) atoms. The fourth-order valence-corrected chi connectivity index (χ4v) is 4.37. The molecule has 0 aliphatic carbocycles. The number of hydrogen-bond acceptors (Lipinski definition) is 5. The summed E-state index contributed by atoms with van der Waals surface area (Å²) < 4.78 is 18.1. The Bertz CT molecular complexity index is 1200. The van der Waals surface area contributed by atoms with E-state index in [4.69, 9.17) is 4.42 Å². The molecule has 230 valence electrons. The van der Waals surface area contributed by atoms with Crippen molar-refractivity contribution in [1.29, 1.82) is 0 Å². The van der Waals surface area contributed by atoms with Crippen molar-refractivity contribution in [3.63, 3.8) is 0 Å². The van der Waals surface area contributed by atoms with E-state index in [-0.39, 0.29) is 22.9 Å². The number of aromatic amines is 1. The Hall–Kier alpha value is -4.12. The molecule has 2 N–H and O–H groups in total. The molecule has 0 atom stereocenters. The first-order valence-corrected chi connectivity index (χ1v) is 14.5. The average Bonchev–Trinajstić information content (AvgIpc) is 3.71. The highest BCUT2D eigenvalue weighted by molar-refractivity contribution is 5.93. The molecule has 4 rings (SSSR count). The minimum absolute atomic E-state index is 0.0565. The number of oxazole rings is 1. The van der Waals surface area contributed by atoms with Crippen molar-refractivity contribution in [1.82, 2.24) is 20.2 Å². The van der Waals surface area contributed by atoms with Gasteiger partial charge in [0.25, 0.3) is 5.91 Å². The zero-order valence-electron chi connectivity index (χ0n) is 26.6. The molecule has 0 saturated carbocycles. The molecule has 3 heterocycles. The second-order valence-corrected chi connectivity index (χ2v) is 9.64. The Morgan fingerprint density at radius 3 is 2.26 bits per heavy atom. The van der Waals surface area contributed by atoms with Crippen molar-refractivity contribution in [2.45, 2.75) is 81.2 Å². The predicted octanol–water partition coefficient (Wildman–Crippen LogP) is 7.59. The van der Waals surface area contributed by atoms with Crippen molar-refractivity contribution in [2.75, 3.05) is 13.1 Å². The number of carbonyl (C=O) groups is 2. The van der Waals surface area contributed by atoms with Crippen LogP contribution in [0.3, 0.4) is 0 Å². The maximum Gasteiger partial charge on any atom is 0.270 e. The number of ketones is 1. The third kappa shape index (κ3) is 12.6. The number of Topliss-reactive ketones (excluding diaryl/α,β-unsaturated/α-hetero) is 1. The fourth-order valence-electron chi connectivity index (χ4n) is 4.37. The third-order valence-electron chi connectivity index (χ3n) is 5.91. The monoisotopic (exact) mass is 580 g/mol. The van der Waals surface area contributed by atoms with Gasteiger partial charge in [0.15, 0.2) is 5.89 Å². The molecular weight excluding hydrogens is 531 g/mol. The summed E-state index contributed by atoms with van der Waals surface area (Å²) in [6.45, 7) is 17.3. The number of nitrogens with zero attached hydrogens (tertiary/aromatic N) is 2. The molecule has 1 aliphatic rings. The molecule has 2 aromatic heterocycles. The first-order valence-electron chi connectivity index (χ1n) is 14.5. The normalized spacial score (nSPS) is 13.0. The van der Waals surface area contributed by atoms with E-state index in [2.05, 4.69) is 48.9 Å². The zero-order valence-corrected chi connectivity index (χ0v) is 26.6. The summed E-state index contributed by atoms with van der Waals surface area (Å²) in [6, 6.07) is 9.90. The second kappa shape index (κ2) is 20.7. The molecule has 1 amide bonds. The van der Waals surface area contributed by atoms with Crippen LogP contribution in [0.2, 0.25) is 0 Å². The summed E-state index contributed by atoms with van der Waals surface area (Å²) in [6.07, 6.45) is 15.3. The molecule has 0 bridgehead atoms. The quantitative estimate of drug-likeness (QED) is 0.268. The summed E-state index contributed by atoms with van der Waals surface area (Å²) in [4.78, 5) is 33.4. The van der Waals surface area contributed by atoms with Gasteiger partial charge in [-0.2, -0.15) is 0 Å². The molecule has 0 radical (unpaired) electrons. The Morgan fingerprint density at radius 2 is 1.76 bits per heavy atom. The lowest BCUT2D eigenvalue weighted by Gasteiger charge is -2.42. The SMILES string of the molecule is C#C.CC.CC.CC(=O)CC1=C(NCc2ccc(F)cc2)C(C)(C)CN(C(=O)c2ccc[nH]2)C1.CCCc1ncco1. The summed E-state index contributed by atoms with van der Waals surface area (Å²) in [7, 11) is 0. The van der Waals surface area contributed by atoms with Gasteiger partial charge in [0.2, 0.25) is 0 Å². The highest BCUT2D eigenvalue weighted by atomic mass is 19.1. The zero-order chi connectivity index (χ0) is 32.1. The molecule has 8 heteroatoms. The first-order chi connectivity index (χ1) is 20.2. The van der Waals surface area contributed by atoms with Gasteiger partial charge in [-0.1, -0.05) is 60.6 Å². The molecule has 0 fully saturated rings. The van der Waals surface area contributed by atoms with Crippen molar-refractivity contribution >= 4 is 11.7 Å². The van der Waals surface area contributed by atoms with Crippen LogP contribution in [-0.2, 0) is 17.8 Å². The van der Waals surface area contributed by atoms with E-state index < -0.39 is 0 Å². The minimum atomic E-state index is -0.342. The van der Waals surface area contributed by atoms with Crippen molar-refractivity contribution in [3.8, 4) is 12.8 Å². The van der Waals surface area contributed by atoms with Crippen LogP contribution in [0.1, 0.15) is 90.2 Å². The summed E-state index contributed by atoms with van der Waals surface area (Å²) >= 11 is 0. The van der Waals surface area contributed by atoms with E-state index in [9.17, 15) is 14.0 Å². The predicted molar refractivity (Wildman–Crippen MR) is 169 cm³/mol. The molecular formula is C34H49FN4O3. The van der Waals surface area contributed by atoms with Crippen LogP contribution in [0.25, 0.3) is 0 Å². The number of aryl methyl sites for hydroxylation is 1. The van der Waals surface area contributed by atoms with Crippen LogP contribution in [0.5, 0.6) is 0 Å². The van der Waals surface area contributed by atoms with Gasteiger partial charge in [0.1, 0.15) is 23.6 Å². The van der Waals surface area contributed by atoms with Gasteiger partial charge in [-0.05, 0) is 48.7 Å². The molecule has 0 unspecified atom stereocenters. The maximum atomic E-state index is 13.1. The average molecular weight is 581 g/mol. The molecule has 1 aliphatic heterocycles. The summed E-state index contributed by atoms with van der Waals surface area (Å²) in [5.74, 6) is 0.557. The lowest BCUT2D eigenvalue weighted by molar-refractivity contribution is -0.116. The minimum Gasteiger partial charge on any atom is -0.449 e. The lowest BCUT2D eigenvalue weighted by Crippen LogP contribution is -2.48. The summed E-state index contributed by atoms with van der Waals surface area (Å²) in [5, 5.41) is 3.46. The van der Waals surface area contributed by atoms with Crippen LogP contribution in [0.15, 0.2) is 70.7 Å². The number of H-pyrrole nitrogens is 1. The van der Waals surface area contributed by atoms with Gasteiger partial charge < -0.3 is 19.6 Å². The molecule has 7 nitrogen and oxygen atoms in total. The van der Waals surface area contributed by atoms with E-state index in [1.54, 1.807) is 54.7 Å². The Morgan fingerprint density at radius 1 is 1.12 bits per heavy atom. The smallest absolute Gasteiger partial charge is 0.270 e. The van der Waals surface area contributed by atoms with Crippen LogP contribution in [-0.4, -0.2) is 39.6 Å². The first kappa shape index (κ1) is 37.9. The van der Waals surface area contributed by atoms with E-state index >= 15 is 0 Å². The number of carbonyl (C=O) groups excluding carboxylic acids is 2. The van der Waals surface area contributed by atoms with Crippen molar-refractivity contribution in [2.24, 2.45) is 5.41 Å². The Labute approximate surface area is 252 Å². The van der Waals surface area contributed by atoms with E-state index in [0.717, 1.165) is 35.6 Å². The van der Waals surface area contributed by atoms with Crippen LogP contribution >= 0.6 is 0 Å². The highest BCUT2D eigenvalue weighted by Gasteiger charge is 2.36. The van der Waals surface area contributed by atoms with Gasteiger partial charge in [-0.15, -0.1) is 12.8 Å². The molecule has 0 spiro atoms. The summed E-state index contributed by atoms with van der Waals surface area (Å²) in [5.41, 5.74) is 3.07. The second-order valence-electron chi connectivity index (χ2n) is 9.64. The highest BCUT2D eigenvalue weighted by Crippen LogP contribution is 2.35. The molecule has 1 aromatic carbocycles. The number of benzene rings is 1. The Kier molecular flexibility index (Phi) is 18.7. The van der Waals surface area contributed by atoms with Crippen LogP contribution in [0.4, 0.5) is 4.39 Å². The maximum absolute atomic E-state index is 13.1. The van der Waals surface area contributed by atoms with E-state index in [1.807, 2.05) is 27.7 Å². The van der Waals surface area contributed by atoms with Gasteiger partial charge >= 0.3 is 0 Å². The van der Waals surface area contributed by atoms with E-state index in [1.165, 1.54) is 12.1 Å². The number of hydrogen-bond donors (Lipinski definition) is 2. The standard InChI is InChI=1S/C22H26FN3O2.C6H9NO.2C2H6.C2H2/c1-15(27)11-17-13-26(21(28)19-5-4-10-24-19)14-22(2,3)20(17)25-12-16-6-8-18(23)9-7-16;1-2-3-6-7-4-5-8-6;3*1-2/h4-10,24-25H,11-14H2,1-3H3;4-5H,2-3H2,1H3;2*1-2H3;1-2H. The number of amides is 1. The number of aromatic nitrogens is 2. The molecule has 0 saturated heterocycles. The number of nitrogens with one attached hydrogen (secondary N) is 2. The topological polar surface area (TPSA) is 91.2 Å². The van der Waals surface area contributed by atoms with Gasteiger partial charge in [0, 0.05) is 49.8 Å². The lowest BCUT2D eigenvalue weighted by atomic mass is 9.81. The van der Waals surface area contributed by atoms with Crippen molar-refractivity contribution < 1.29 is 18.4 Å². The van der Waals surface area contributed by atoms with Crippen molar-refractivity contribution in [3.05, 3.63) is 89.3 Å². The Balaban J connectivity index is 0.00000101. The number of terminal acetylenes is 1. The van der Waals surface area contributed by atoms with Gasteiger partial charge in [0.05, 0.1) is 6.20 Å². The fraction of sp³-hybridized carbons (Fsp3) is 0.441. The number of halogens is 1. The van der Waals surface area contributed by atoms with Gasteiger partial charge in [-0.25, -0.2) is 9.37 Å². The largest absolute Gasteiger partial charge is 0.449 e. The van der Waals surface area contributed by atoms with Gasteiger partial charge in [-0.3, -0.25) is 9.59 Å².